The van der Waals surface area contributed by atoms with Crippen LogP contribution in [0.25, 0.3) is 0 Å². The lowest BCUT2D eigenvalue weighted by atomic mass is 9.88. The maximum Gasteiger partial charge on any atom is 0.227 e. The van der Waals surface area contributed by atoms with Crippen LogP contribution in [0, 0.1) is 11.7 Å². The van der Waals surface area contributed by atoms with Crippen molar-refractivity contribution in [3.8, 4) is 11.5 Å². The summed E-state index contributed by atoms with van der Waals surface area (Å²) in [6, 6.07) is 19.2. The van der Waals surface area contributed by atoms with E-state index in [0.29, 0.717) is 36.8 Å². The van der Waals surface area contributed by atoms with E-state index in [2.05, 4.69) is 0 Å². The molecule has 3 atom stereocenters. The Morgan fingerprint density at radius 2 is 1.72 bits per heavy atom. The SMILES string of the molecule is O=C1C[C@@H](CCC[C@H](O)c2ccc(F)cc2)[C@@H](c2ccc(O)cc2O)N1c1ccccc1. The third kappa shape index (κ3) is 4.60. The van der Waals surface area contributed by atoms with Gasteiger partial charge in [0.1, 0.15) is 17.3 Å². The topological polar surface area (TPSA) is 81.0 Å². The second-order valence-corrected chi connectivity index (χ2v) is 8.25. The summed E-state index contributed by atoms with van der Waals surface area (Å²) in [5, 5.41) is 30.7. The Kier molecular flexibility index (Phi) is 6.42. The minimum atomic E-state index is -0.710. The largest absolute Gasteiger partial charge is 0.508 e. The molecule has 1 heterocycles. The molecule has 0 saturated carbocycles. The van der Waals surface area contributed by atoms with Gasteiger partial charge in [-0.25, -0.2) is 4.39 Å². The number of phenols is 2. The Bertz CT molecular complexity index is 1070. The van der Waals surface area contributed by atoms with Crippen LogP contribution < -0.4 is 4.90 Å². The van der Waals surface area contributed by atoms with E-state index in [1.165, 1.54) is 24.3 Å². The highest BCUT2D eigenvalue weighted by molar-refractivity contribution is 5.97. The van der Waals surface area contributed by atoms with Gasteiger partial charge in [-0.2, -0.15) is 0 Å². The molecule has 32 heavy (non-hydrogen) atoms. The summed E-state index contributed by atoms with van der Waals surface area (Å²) in [4.78, 5) is 14.7. The molecule has 0 bridgehead atoms. The van der Waals surface area contributed by atoms with Crippen molar-refractivity contribution < 1.29 is 24.5 Å². The van der Waals surface area contributed by atoms with Gasteiger partial charge < -0.3 is 20.2 Å². The van der Waals surface area contributed by atoms with E-state index in [-0.39, 0.29) is 35.2 Å². The summed E-state index contributed by atoms with van der Waals surface area (Å²) >= 11 is 0. The van der Waals surface area contributed by atoms with Crippen LogP contribution in [0.15, 0.2) is 72.8 Å². The number of amides is 1. The summed E-state index contributed by atoms with van der Waals surface area (Å²) in [6.07, 6.45) is 1.42. The average molecular weight is 435 g/mol. The molecule has 166 valence electrons. The highest BCUT2D eigenvalue weighted by Gasteiger charge is 2.42. The van der Waals surface area contributed by atoms with E-state index in [4.69, 9.17) is 0 Å². The quantitative estimate of drug-likeness (QED) is 0.474. The Morgan fingerprint density at radius 3 is 2.41 bits per heavy atom. The minimum Gasteiger partial charge on any atom is -0.508 e. The zero-order chi connectivity index (χ0) is 22.7. The number of aliphatic hydroxyl groups is 1. The molecule has 1 saturated heterocycles. The number of nitrogens with zero attached hydrogens (tertiary/aromatic N) is 1. The summed E-state index contributed by atoms with van der Waals surface area (Å²) in [6.45, 7) is 0. The molecule has 0 spiro atoms. The minimum absolute atomic E-state index is 0.0299. The molecule has 0 aliphatic carbocycles. The molecular weight excluding hydrogens is 409 g/mol. The van der Waals surface area contributed by atoms with Gasteiger partial charge in [0, 0.05) is 23.7 Å². The number of para-hydroxylation sites is 1. The molecule has 1 amide bonds. The van der Waals surface area contributed by atoms with Crippen molar-refractivity contribution >= 4 is 11.6 Å². The predicted octanol–water partition coefficient (Wildman–Crippen LogP) is 5.24. The molecule has 1 aliphatic heterocycles. The number of halogens is 1. The highest BCUT2D eigenvalue weighted by atomic mass is 19.1. The zero-order valence-electron chi connectivity index (χ0n) is 17.6. The van der Waals surface area contributed by atoms with Crippen LogP contribution in [0.1, 0.15) is 49.0 Å². The number of benzene rings is 3. The number of carbonyl (C=O) groups is 1. The van der Waals surface area contributed by atoms with Gasteiger partial charge in [0.15, 0.2) is 0 Å². The molecule has 0 radical (unpaired) electrons. The first-order valence-electron chi connectivity index (χ1n) is 10.8. The van der Waals surface area contributed by atoms with Crippen LogP contribution in [0.4, 0.5) is 10.1 Å². The summed E-state index contributed by atoms with van der Waals surface area (Å²) < 4.78 is 13.1. The Labute approximate surface area is 186 Å². The summed E-state index contributed by atoms with van der Waals surface area (Å²) in [5.41, 5.74) is 2.00. The van der Waals surface area contributed by atoms with E-state index in [1.54, 1.807) is 23.1 Å². The fourth-order valence-electron chi connectivity index (χ4n) is 4.55. The molecule has 6 heteroatoms. The van der Waals surface area contributed by atoms with Gasteiger partial charge in [-0.15, -0.1) is 0 Å². The second kappa shape index (κ2) is 9.40. The Hall–Kier alpha value is -3.38. The lowest BCUT2D eigenvalue weighted by Gasteiger charge is -2.29. The highest BCUT2D eigenvalue weighted by Crippen LogP contribution is 2.46. The zero-order valence-corrected chi connectivity index (χ0v) is 17.6. The van der Waals surface area contributed by atoms with Gasteiger partial charge >= 0.3 is 0 Å². The Balaban J connectivity index is 1.54. The number of carbonyl (C=O) groups excluding carboxylic acids is 1. The average Bonchev–Trinajstić information content (AvgIpc) is 3.10. The molecular formula is C26H26FNO4. The molecule has 0 unspecified atom stereocenters. The third-order valence-corrected chi connectivity index (χ3v) is 6.10. The fourth-order valence-corrected chi connectivity index (χ4v) is 4.55. The van der Waals surface area contributed by atoms with E-state index in [1.807, 2.05) is 30.3 Å². The van der Waals surface area contributed by atoms with Crippen molar-refractivity contribution in [1.29, 1.82) is 0 Å². The van der Waals surface area contributed by atoms with Crippen LogP contribution >= 0.6 is 0 Å². The van der Waals surface area contributed by atoms with Gasteiger partial charge in [-0.05, 0) is 60.7 Å². The van der Waals surface area contributed by atoms with Gasteiger partial charge in [-0.1, -0.05) is 36.8 Å². The van der Waals surface area contributed by atoms with Crippen molar-refractivity contribution in [2.24, 2.45) is 5.92 Å². The number of phenolic OH excluding ortho intramolecular Hbond substituents is 2. The van der Waals surface area contributed by atoms with E-state index in [0.717, 1.165) is 5.69 Å². The van der Waals surface area contributed by atoms with Gasteiger partial charge in [0.2, 0.25) is 5.91 Å². The maximum absolute atomic E-state index is 13.1. The fraction of sp³-hybridized carbons (Fsp3) is 0.269. The van der Waals surface area contributed by atoms with Crippen LogP contribution in [-0.4, -0.2) is 21.2 Å². The monoisotopic (exact) mass is 435 g/mol. The number of aromatic hydroxyl groups is 2. The standard InChI is InChI=1S/C26H26FNO4/c27-19-11-9-17(10-12-19)23(30)8-4-5-18-15-25(32)28(20-6-2-1-3-7-20)26(18)22-14-13-21(29)16-24(22)31/h1-3,6-7,9-14,16,18,23,26,29-31H,4-5,8,15H2/t18-,23+,26+/m1/s1. The lowest BCUT2D eigenvalue weighted by Crippen LogP contribution is -2.28. The molecule has 5 nitrogen and oxygen atoms in total. The molecule has 4 rings (SSSR count). The van der Waals surface area contributed by atoms with E-state index < -0.39 is 6.10 Å². The van der Waals surface area contributed by atoms with Crippen molar-refractivity contribution in [1.82, 2.24) is 0 Å². The first-order valence-corrected chi connectivity index (χ1v) is 10.8. The summed E-state index contributed by atoms with van der Waals surface area (Å²) in [7, 11) is 0. The van der Waals surface area contributed by atoms with Gasteiger partial charge in [-0.3, -0.25) is 4.79 Å². The molecule has 0 aromatic heterocycles. The molecule has 3 aromatic carbocycles. The molecule has 1 fully saturated rings. The number of aliphatic hydroxyl groups excluding tert-OH is 1. The van der Waals surface area contributed by atoms with E-state index >= 15 is 0 Å². The molecule has 3 N–H and O–H groups in total. The maximum atomic E-state index is 13.1. The van der Waals surface area contributed by atoms with Crippen molar-refractivity contribution in [2.45, 2.75) is 37.8 Å². The number of hydrogen-bond acceptors (Lipinski definition) is 4. The number of rotatable bonds is 7. The van der Waals surface area contributed by atoms with Crippen molar-refractivity contribution in [2.75, 3.05) is 4.90 Å². The predicted molar refractivity (Wildman–Crippen MR) is 120 cm³/mol. The van der Waals surface area contributed by atoms with Crippen LogP contribution in [-0.2, 0) is 4.79 Å². The van der Waals surface area contributed by atoms with Gasteiger partial charge in [0.25, 0.3) is 0 Å². The van der Waals surface area contributed by atoms with Gasteiger partial charge in [0.05, 0.1) is 12.1 Å². The first kappa shape index (κ1) is 21.8. The van der Waals surface area contributed by atoms with Crippen LogP contribution in [0.3, 0.4) is 0 Å². The van der Waals surface area contributed by atoms with Crippen molar-refractivity contribution in [3.63, 3.8) is 0 Å². The van der Waals surface area contributed by atoms with Crippen molar-refractivity contribution in [3.05, 3.63) is 89.7 Å². The lowest BCUT2D eigenvalue weighted by molar-refractivity contribution is -0.117. The smallest absolute Gasteiger partial charge is 0.227 e. The van der Waals surface area contributed by atoms with E-state index in [9.17, 15) is 24.5 Å². The van der Waals surface area contributed by atoms with Crippen LogP contribution in [0.5, 0.6) is 11.5 Å². The first-order chi connectivity index (χ1) is 15.4. The third-order valence-electron chi connectivity index (χ3n) is 6.10. The number of anilines is 1. The Morgan fingerprint density at radius 1 is 1.00 bits per heavy atom. The number of hydrogen-bond donors (Lipinski definition) is 3. The molecule has 3 aromatic rings. The summed E-state index contributed by atoms with van der Waals surface area (Å²) in [5.74, 6) is -0.540. The second-order valence-electron chi connectivity index (χ2n) is 8.25. The molecule has 1 aliphatic rings. The van der Waals surface area contributed by atoms with Crippen LogP contribution in [0.2, 0.25) is 0 Å². The normalized spacial score (nSPS) is 19.3.